The monoisotopic (exact) mass is 462 g/mol. The number of benzene rings is 1. The lowest BCUT2D eigenvalue weighted by Crippen LogP contribution is -2.22. The molecule has 0 aliphatic heterocycles. The number of amides is 1. The molecule has 1 aliphatic rings. The molecule has 0 bridgehead atoms. The number of nitrogens with zero attached hydrogens (tertiary/aromatic N) is 5. The van der Waals surface area contributed by atoms with Crippen molar-refractivity contribution < 1.29 is 9.90 Å². The third-order valence-electron chi connectivity index (χ3n) is 5.07. The number of anilines is 3. The Labute approximate surface area is 195 Å². The first-order valence-electron chi connectivity index (χ1n) is 10.3. The van der Waals surface area contributed by atoms with E-state index in [-0.39, 0.29) is 18.8 Å². The Morgan fingerprint density at radius 3 is 2.85 bits per heavy atom. The highest BCUT2D eigenvalue weighted by atomic mass is 32.1. The molecule has 1 saturated carbocycles. The third-order valence-corrected chi connectivity index (χ3v) is 5.50. The molecule has 168 valence electrons. The number of carbonyl (C=O) groups excluding carboxylic acids is 1. The van der Waals surface area contributed by atoms with Gasteiger partial charge in [0, 0.05) is 35.8 Å². The molecule has 11 heteroatoms. The van der Waals surface area contributed by atoms with Crippen LogP contribution in [0.3, 0.4) is 0 Å². The highest BCUT2D eigenvalue weighted by molar-refractivity contribution is 7.80. The number of terminal acetylenes is 1. The van der Waals surface area contributed by atoms with Crippen molar-refractivity contribution in [2.75, 3.05) is 17.7 Å². The van der Waals surface area contributed by atoms with Crippen LogP contribution in [0.25, 0.3) is 11.4 Å². The van der Waals surface area contributed by atoms with Crippen LogP contribution in [0.15, 0.2) is 30.6 Å². The molecule has 1 aromatic carbocycles. The number of aliphatic hydroxyl groups is 1. The molecule has 2 aromatic heterocycles. The van der Waals surface area contributed by atoms with Gasteiger partial charge in [0.15, 0.2) is 17.3 Å². The maximum atomic E-state index is 12.4. The van der Waals surface area contributed by atoms with E-state index in [0.29, 0.717) is 45.1 Å². The fourth-order valence-corrected chi connectivity index (χ4v) is 3.56. The van der Waals surface area contributed by atoms with E-state index in [2.05, 4.69) is 42.2 Å². The fourth-order valence-electron chi connectivity index (χ4n) is 3.22. The summed E-state index contributed by atoms with van der Waals surface area (Å²) in [4.78, 5) is 17.4. The Morgan fingerprint density at radius 1 is 1.33 bits per heavy atom. The smallest absolute Gasteiger partial charge is 0.273 e. The minimum absolute atomic E-state index is 0.103. The van der Waals surface area contributed by atoms with Gasteiger partial charge in [0.1, 0.15) is 12.9 Å². The summed E-state index contributed by atoms with van der Waals surface area (Å²) in [6, 6.07) is 7.05. The highest BCUT2D eigenvalue weighted by Gasteiger charge is 2.27. The summed E-state index contributed by atoms with van der Waals surface area (Å²) < 4.78 is 1.54. The van der Waals surface area contributed by atoms with Gasteiger partial charge in [-0.3, -0.25) is 4.79 Å². The van der Waals surface area contributed by atoms with Gasteiger partial charge in [-0.05, 0) is 18.9 Å². The zero-order chi connectivity index (χ0) is 23.4. The maximum absolute atomic E-state index is 12.4. The second-order valence-corrected chi connectivity index (χ2v) is 7.86. The summed E-state index contributed by atoms with van der Waals surface area (Å²) in [7, 11) is 1.51. The van der Waals surface area contributed by atoms with E-state index in [1.807, 2.05) is 0 Å². The van der Waals surface area contributed by atoms with Crippen molar-refractivity contribution in [1.29, 1.82) is 0 Å². The van der Waals surface area contributed by atoms with E-state index in [1.54, 1.807) is 24.3 Å². The van der Waals surface area contributed by atoms with E-state index in [0.717, 1.165) is 12.8 Å². The molecule has 10 nitrogen and oxygen atoms in total. The number of thiocarbonyl (C=S) groups is 1. The lowest BCUT2D eigenvalue weighted by atomic mass is 10.0. The summed E-state index contributed by atoms with van der Waals surface area (Å²) in [6.07, 6.45) is 8.98. The van der Waals surface area contributed by atoms with Crippen LogP contribution in [0.5, 0.6) is 0 Å². The number of aromatic nitrogens is 5. The first kappa shape index (κ1) is 22.3. The molecule has 1 aliphatic carbocycles. The van der Waals surface area contributed by atoms with Gasteiger partial charge in [0.25, 0.3) is 5.91 Å². The minimum Gasteiger partial charge on any atom is -0.392 e. The Kier molecular flexibility index (Phi) is 6.58. The van der Waals surface area contributed by atoms with Crippen molar-refractivity contribution in [3.63, 3.8) is 0 Å². The van der Waals surface area contributed by atoms with Crippen molar-refractivity contribution in [3.8, 4) is 23.7 Å². The molecule has 3 aromatic rings. The van der Waals surface area contributed by atoms with Crippen molar-refractivity contribution in [2.24, 2.45) is 5.92 Å². The maximum Gasteiger partial charge on any atom is 0.273 e. The van der Waals surface area contributed by atoms with Crippen LogP contribution in [-0.4, -0.2) is 48.0 Å². The average molecular weight is 463 g/mol. The number of rotatable bonds is 8. The van der Waals surface area contributed by atoms with E-state index in [4.69, 9.17) is 18.6 Å². The largest absolute Gasteiger partial charge is 0.392 e. The molecule has 4 rings (SSSR count). The summed E-state index contributed by atoms with van der Waals surface area (Å²) in [5.41, 5.74) is 2.26. The Balaban J connectivity index is 1.70. The molecular weight excluding hydrogens is 440 g/mol. The SMILES string of the molecule is C#CCn1cnc(-c2cccc(Nc3cc(NC(=S)C4CC4)nnc3C(=O)NC)c2CO)n1. The third kappa shape index (κ3) is 4.97. The molecular formula is C22H22N8O2S. The van der Waals surface area contributed by atoms with Gasteiger partial charge in [-0.2, -0.15) is 5.10 Å². The van der Waals surface area contributed by atoms with Gasteiger partial charge in [0.2, 0.25) is 0 Å². The fraction of sp³-hybridized carbons (Fsp3) is 0.273. The summed E-state index contributed by atoms with van der Waals surface area (Å²) >= 11 is 5.39. The number of hydrogen-bond acceptors (Lipinski definition) is 8. The van der Waals surface area contributed by atoms with Crippen molar-refractivity contribution in [1.82, 2.24) is 30.3 Å². The van der Waals surface area contributed by atoms with Crippen LogP contribution in [-0.2, 0) is 13.2 Å². The number of nitrogens with one attached hydrogen (secondary N) is 3. The standard InChI is InChI=1S/C22H22N8O2S/c1-3-9-30-12-24-20(29-30)14-5-4-6-16(15(14)11-31)25-17-10-18(26-22(33)13-7-8-13)27-28-19(17)21(32)23-2/h1,4-6,10,12-13,31H,7-9,11H2,2H3,(H,23,32)(H2,25,26,27,33). The van der Waals surface area contributed by atoms with Gasteiger partial charge >= 0.3 is 0 Å². The predicted molar refractivity (Wildman–Crippen MR) is 128 cm³/mol. The Hall–Kier alpha value is -3.88. The molecule has 0 unspecified atom stereocenters. The Morgan fingerprint density at radius 2 is 2.15 bits per heavy atom. The van der Waals surface area contributed by atoms with E-state index >= 15 is 0 Å². The topological polar surface area (TPSA) is 130 Å². The zero-order valence-electron chi connectivity index (χ0n) is 17.9. The molecule has 1 amide bonds. The zero-order valence-corrected chi connectivity index (χ0v) is 18.7. The van der Waals surface area contributed by atoms with Crippen molar-refractivity contribution in [2.45, 2.75) is 26.0 Å². The lowest BCUT2D eigenvalue weighted by molar-refractivity contribution is 0.0958. The van der Waals surface area contributed by atoms with Gasteiger partial charge in [-0.25, -0.2) is 9.67 Å². The molecule has 0 radical (unpaired) electrons. The van der Waals surface area contributed by atoms with Crippen LogP contribution in [0.4, 0.5) is 17.2 Å². The quantitative estimate of drug-likeness (QED) is 0.294. The summed E-state index contributed by atoms with van der Waals surface area (Å²) in [5, 5.41) is 31.5. The average Bonchev–Trinajstić information content (AvgIpc) is 3.58. The molecule has 0 atom stereocenters. The van der Waals surface area contributed by atoms with Crippen LogP contribution in [0.2, 0.25) is 0 Å². The van der Waals surface area contributed by atoms with E-state index in [9.17, 15) is 9.90 Å². The second kappa shape index (κ2) is 9.72. The van der Waals surface area contributed by atoms with Crippen LogP contribution < -0.4 is 16.0 Å². The van der Waals surface area contributed by atoms with Crippen molar-refractivity contribution >= 4 is 40.3 Å². The van der Waals surface area contributed by atoms with Crippen LogP contribution in [0, 0.1) is 18.3 Å². The predicted octanol–water partition coefficient (Wildman–Crippen LogP) is 2.11. The molecule has 0 saturated heterocycles. The normalized spacial score (nSPS) is 12.6. The van der Waals surface area contributed by atoms with Crippen LogP contribution in [0.1, 0.15) is 28.9 Å². The lowest BCUT2D eigenvalue weighted by Gasteiger charge is -2.16. The van der Waals surface area contributed by atoms with E-state index in [1.165, 1.54) is 18.1 Å². The summed E-state index contributed by atoms with van der Waals surface area (Å²) in [5.74, 6) is 3.31. The first-order chi connectivity index (χ1) is 16.0. The summed E-state index contributed by atoms with van der Waals surface area (Å²) in [6.45, 7) is 0.00293. The number of carbonyl (C=O) groups is 1. The molecule has 1 fully saturated rings. The number of hydrogen-bond donors (Lipinski definition) is 4. The van der Waals surface area contributed by atoms with Gasteiger partial charge in [-0.1, -0.05) is 30.3 Å². The van der Waals surface area contributed by atoms with E-state index < -0.39 is 5.91 Å². The second-order valence-electron chi connectivity index (χ2n) is 7.42. The van der Waals surface area contributed by atoms with Gasteiger partial charge in [0.05, 0.1) is 17.3 Å². The van der Waals surface area contributed by atoms with Gasteiger partial charge in [-0.15, -0.1) is 16.6 Å². The molecule has 2 heterocycles. The van der Waals surface area contributed by atoms with Crippen LogP contribution >= 0.6 is 12.2 Å². The molecule has 0 spiro atoms. The van der Waals surface area contributed by atoms with Crippen molar-refractivity contribution in [3.05, 3.63) is 41.9 Å². The van der Waals surface area contributed by atoms with Gasteiger partial charge < -0.3 is 21.1 Å². The molecule has 33 heavy (non-hydrogen) atoms. The Bertz CT molecular complexity index is 1250. The highest BCUT2D eigenvalue weighted by Crippen LogP contribution is 2.33. The minimum atomic E-state index is -0.405. The first-order valence-corrected chi connectivity index (χ1v) is 10.7. The molecule has 4 N–H and O–H groups in total. The number of aliphatic hydroxyl groups excluding tert-OH is 1.